The van der Waals surface area contributed by atoms with Crippen LogP contribution in [-0.2, 0) is 4.79 Å². The summed E-state index contributed by atoms with van der Waals surface area (Å²) in [5.41, 5.74) is 1.18. The largest absolute Gasteiger partial charge is 0.491 e. The van der Waals surface area contributed by atoms with Gasteiger partial charge in [0.2, 0.25) is 0 Å². The Kier molecular flexibility index (Phi) is 5.97. The lowest BCUT2D eigenvalue weighted by Gasteiger charge is -2.20. The topological polar surface area (TPSA) is 47.6 Å². The number of carbonyl (C=O) groups excluding carboxylic acids is 1. The van der Waals surface area contributed by atoms with Gasteiger partial charge in [0.1, 0.15) is 18.1 Å². The van der Waals surface area contributed by atoms with Gasteiger partial charge in [-0.1, -0.05) is 54.1 Å². The molecule has 2 atom stereocenters. The van der Waals surface area contributed by atoms with E-state index in [1.165, 1.54) is 5.56 Å². The standard InChI is InChI=1S/C23H25NO3/c1-16-11-13-20(14-12-16)26-15-17(2)24-23(25)18(3)27-22-10-6-8-19-7-4-5-9-21(19)22/h4-14,17-18H,15H2,1-3H3,(H,24,25)/t17-,18-/m1/s1. The van der Waals surface area contributed by atoms with Crippen molar-refractivity contribution in [1.29, 1.82) is 0 Å². The maximum atomic E-state index is 12.5. The highest BCUT2D eigenvalue weighted by atomic mass is 16.5. The Morgan fingerprint density at radius 2 is 1.67 bits per heavy atom. The fraction of sp³-hybridized carbons (Fsp3) is 0.261. The zero-order chi connectivity index (χ0) is 19.2. The van der Waals surface area contributed by atoms with Crippen molar-refractivity contribution in [2.75, 3.05) is 6.61 Å². The molecule has 0 spiro atoms. The highest BCUT2D eigenvalue weighted by Gasteiger charge is 2.18. The monoisotopic (exact) mass is 363 g/mol. The summed E-state index contributed by atoms with van der Waals surface area (Å²) in [7, 11) is 0. The molecule has 0 radical (unpaired) electrons. The van der Waals surface area contributed by atoms with Crippen molar-refractivity contribution in [2.45, 2.75) is 32.9 Å². The third-order valence-electron chi connectivity index (χ3n) is 4.33. The van der Waals surface area contributed by atoms with Gasteiger partial charge in [-0.25, -0.2) is 0 Å². The predicted molar refractivity (Wildman–Crippen MR) is 108 cm³/mol. The second-order valence-corrected chi connectivity index (χ2v) is 6.77. The molecule has 0 saturated heterocycles. The van der Waals surface area contributed by atoms with E-state index in [1.807, 2.05) is 80.6 Å². The maximum Gasteiger partial charge on any atom is 0.261 e. The van der Waals surface area contributed by atoms with Crippen LogP contribution in [-0.4, -0.2) is 24.7 Å². The predicted octanol–water partition coefficient (Wildman–Crippen LogP) is 4.50. The average Bonchev–Trinajstić information content (AvgIpc) is 2.68. The van der Waals surface area contributed by atoms with Gasteiger partial charge >= 0.3 is 0 Å². The first-order chi connectivity index (χ1) is 13.0. The van der Waals surface area contributed by atoms with E-state index in [9.17, 15) is 4.79 Å². The summed E-state index contributed by atoms with van der Waals surface area (Å²) in [5.74, 6) is 1.34. The lowest BCUT2D eigenvalue weighted by atomic mass is 10.1. The Balaban J connectivity index is 1.54. The van der Waals surface area contributed by atoms with E-state index in [2.05, 4.69) is 5.32 Å². The van der Waals surface area contributed by atoms with Gasteiger partial charge < -0.3 is 14.8 Å². The van der Waals surface area contributed by atoms with Gasteiger partial charge in [-0.05, 0) is 44.4 Å². The Hall–Kier alpha value is -3.01. The number of rotatable bonds is 7. The number of hydrogen-bond acceptors (Lipinski definition) is 3. The van der Waals surface area contributed by atoms with Crippen molar-refractivity contribution in [3.8, 4) is 11.5 Å². The minimum absolute atomic E-state index is 0.127. The number of ether oxygens (including phenoxy) is 2. The van der Waals surface area contributed by atoms with Crippen LogP contribution in [0.1, 0.15) is 19.4 Å². The van der Waals surface area contributed by atoms with Gasteiger partial charge in [0, 0.05) is 5.39 Å². The fourth-order valence-electron chi connectivity index (χ4n) is 2.80. The van der Waals surface area contributed by atoms with E-state index in [0.717, 1.165) is 16.5 Å². The summed E-state index contributed by atoms with van der Waals surface area (Å²) in [5, 5.41) is 5.02. The van der Waals surface area contributed by atoms with Gasteiger partial charge in [-0.3, -0.25) is 4.79 Å². The number of nitrogens with one attached hydrogen (secondary N) is 1. The quantitative estimate of drug-likeness (QED) is 0.672. The van der Waals surface area contributed by atoms with Crippen molar-refractivity contribution in [2.24, 2.45) is 0 Å². The van der Waals surface area contributed by atoms with Crippen LogP contribution in [0.5, 0.6) is 11.5 Å². The minimum Gasteiger partial charge on any atom is -0.491 e. The Morgan fingerprint density at radius 1 is 0.963 bits per heavy atom. The second kappa shape index (κ2) is 8.58. The summed E-state index contributed by atoms with van der Waals surface area (Å²) < 4.78 is 11.6. The third-order valence-corrected chi connectivity index (χ3v) is 4.33. The first-order valence-electron chi connectivity index (χ1n) is 9.17. The highest BCUT2D eigenvalue weighted by Crippen LogP contribution is 2.26. The molecule has 0 aliphatic rings. The van der Waals surface area contributed by atoms with Crippen LogP contribution in [0.4, 0.5) is 0 Å². The van der Waals surface area contributed by atoms with Crippen LogP contribution in [0, 0.1) is 6.92 Å². The van der Waals surface area contributed by atoms with Crippen LogP contribution in [0.2, 0.25) is 0 Å². The molecule has 0 bridgehead atoms. The van der Waals surface area contributed by atoms with Gasteiger partial charge in [0.25, 0.3) is 5.91 Å². The number of carbonyl (C=O) groups is 1. The maximum absolute atomic E-state index is 12.5. The van der Waals surface area contributed by atoms with Crippen LogP contribution >= 0.6 is 0 Å². The molecule has 1 N–H and O–H groups in total. The van der Waals surface area contributed by atoms with Gasteiger partial charge in [0.05, 0.1) is 6.04 Å². The van der Waals surface area contributed by atoms with Crippen molar-refractivity contribution in [3.63, 3.8) is 0 Å². The van der Waals surface area contributed by atoms with Crippen molar-refractivity contribution in [3.05, 3.63) is 72.3 Å². The van der Waals surface area contributed by atoms with E-state index in [4.69, 9.17) is 9.47 Å². The molecule has 1 amide bonds. The van der Waals surface area contributed by atoms with Crippen molar-refractivity contribution >= 4 is 16.7 Å². The zero-order valence-electron chi connectivity index (χ0n) is 15.9. The zero-order valence-corrected chi connectivity index (χ0v) is 15.9. The third kappa shape index (κ3) is 5.00. The number of aryl methyl sites for hydroxylation is 1. The molecule has 0 aliphatic carbocycles. The molecule has 3 rings (SSSR count). The van der Waals surface area contributed by atoms with Gasteiger partial charge in [-0.15, -0.1) is 0 Å². The van der Waals surface area contributed by atoms with Crippen LogP contribution < -0.4 is 14.8 Å². The minimum atomic E-state index is -0.599. The van der Waals surface area contributed by atoms with Crippen molar-refractivity contribution < 1.29 is 14.3 Å². The fourth-order valence-corrected chi connectivity index (χ4v) is 2.80. The Bertz CT molecular complexity index is 900. The van der Waals surface area contributed by atoms with Crippen molar-refractivity contribution in [1.82, 2.24) is 5.32 Å². The highest BCUT2D eigenvalue weighted by molar-refractivity contribution is 5.89. The van der Waals surface area contributed by atoms with E-state index in [1.54, 1.807) is 6.92 Å². The van der Waals surface area contributed by atoms with Crippen LogP contribution in [0.25, 0.3) is 10.8 Å². The molecule has 140 valence electrons. The number of amides is 1. The molecular weight excluding hydrogens is 338 g/mol. The molecule has 3 aromatic rings. The van der Waals surface area contributed by atoms with Crippen LogP contribution in [0.3, 0.4) is 0 Å². The molecule has 0 fully saturated rings. The first-order valence-corrected chi connectivity index (χ1v) is 9.17. The summed E-state index contributed by atoms with van der Waals surface area (Å²) in [4.78, 5) is 12.5. The molecule has 3 aromatic carbocycles. The van der Waals surface area contributed by atoms with Gasteiger partial charge in [0.15, 0.2) is 6.10 Å². The molecule has 4 heteroatoms. The van der Waals surface area contributed by atoms with E-state index >= 15 is 0 Å². The van der Waals surface area contributed by atoms with Gasteiger partial charge in [-0.2, -0.15) is 0 Å². The molecule has 0 heterocycles. The number of benzene rings is 3. The molecule has 4 nitrogen and oxygen atoms in total. The Morgan fingerprint density at radius 3 is 2.44 bits per heavy atom. The van der Waals surface area contributed by atoms with E-state index in [0.29, 0.717) is 12.4 Å². The second-order valence-electron chi connectivity index (χ2n) is 6.77. The molecule has 27 heavy (non-hydrogen) atoms. The SMILES string of the molecule is Cc1ccc(OC[C@@H](C)NC(=O)[C@@H](C)Oc2cccc3ccccc23)cc1. The lowest BCUT2D eigenvalue weighted by molar-refractivity contribution is -0.128. The summed E-state index contributed by atoms with van der Waals surface area (Å²) in [6.07, 6.45) is -0.599. The summed E-state index contributed by atoms with van der Waals surface area (Å²) in [6.45, 7) is 6.10. The summed E-state index contributed by atoms with van der Waals surface area (Å²) in [6, 6.07) is 21.5. The summed E-state index contributed by atoms with van der Waals surface area (Å²) >= 11 is 0. The smallest absolute Gasteiger partial charge is 0.261 e. The Labute approximate surface area is 160 Å². The molecule has 0 unspecified atom stereocenters. The van der Waals surface area contributed by atoms with E-state index in [-0.39, 0.29) is 11.9 Å². The molecule has 0 aromatic heterocycles. The first kappa shape index (κ1) is 18.8. The number of fused-ring (bicyclic) bond motifs is 1. The average molecular weight is 363 g/mol. The molecular formula is C23H25NO3. The van der Waals surface area contributed by atoms with E-state index < -0.39 is 6.10 Å². The molecule has 0 saturated carbocycles. The lowest BCUT2D eigenvalue weighted by Crippen LogP contribution is -2.43. The number of hydrogen-bond donors (Lipinski definition) is 1. The molecule has 0 aliphatic heterocycles. The van der Waals surface area contributed by atoms with Crippen LogP contribution in [0.15, 0.2) is 66.7 Å². The normalized spacial score (nSPS) is 13.0.